The monoisotopic (exact) mass is 259 g/mol. The molecule has 2 nitrogen and oxygen atoms in total. The predicted octanol–water partition coefficient (Wildman–Crippen LogP) is 3.51. The Morgan fingerprint density at radius 3 is 3.05 bits per heavy atom. The first-order chi connectivity index (χ1) is 9.21. The maximum atomic E-state index is 5.88. The second-order valence-corrected chi connectivity index (χ2v) is 6.39. The lowest BCUT2D eigenvalue weighted by Crippen LogP contribution is -2.44. The van der Waals surface area contributed by atoms with Gasteiger partial charge < -0.3 is 10.1 Å². The van der Waals surface area contributed by atoms with Crippen molar-refractivity contribution in [1.82, 2.24) is 5.32 Å². The molecule has 1 aromatic rings. The molecule has 1 heterocycles. The van der Waals surface area contributed by atoms with E-state index in [-0.39, 0.29) is 6.10 Å². The molecule has 2 heteroatoms. The number of nitrogens with one attached hydrogen (secondary N) is 1. The highest BCUT2D eigenvalue weighted by Crippen LogP contribution is 2.49. The van der Waals surface area contributed by atoms with Gasteiger partial charge in [0.2, 0.25) is 0 Å². The summed E-state index contributed by atoms with van der Waals surface area (Å²) in [5.41, 5.74) is 1.93. The third-order valence-electron chi connectivity index (χ3n) is 4.88. The topological polar surface area (TPSA) is 21.3 Å². The van der Waals surface area contributed by atoms with Crippen molar-refractivity contribution in [3.05, 3.63) is 29.8 Å². The fourth-order valence-electron chi connectivity index (χ4n) is 4.03. The molecule has 1 saturated carbocycles. The van der Waals surface area contributed by atoms with Gasteiger partial charge in [0.25, 0.3) is 0 Å². The molecule has 0 aromatic heterocycles. The minimum absolute atomic E-state index is 0.250. The summed E-state index contributed by atoms with van der Waals surface area (Å²) in [6.45, 7) is 6.53. The van der Waals surface area contributed by atoms with Crippen LogP contribution in [0.3, 0.4) is 0 Å². The van der Waals surface area contributed by atoms with Gasteiger partial charge in [0.1, 0.15) is 5.75 Å². The maximum absolute atomic E-state index is 5.88. The molecule has 19 heavy (non-hydrogen) atoms. The van der Waals surface area contributed by atoms with Gasteiger partial charge in [-0.05, 0) is 69.8 Å². The molecular formula is C17H25NO. The molecule has 1 saturated heterocycles. The first-order valence-electron chi connectivity index (χ1n) is 7.69. The van der Waals surface area contributed by atoms with Crippen LogP contribution < -0.4 is 10.1 Å². The summed E-state index contributed by atoms with van der Waals surface area (Å²) in [6, 6.07) is 8.87. The van der Waals surface area contributed by atoms with Crippen LogP contribution in [0, 0.1) is 5.92 Å². The molecule has 2 unspecified atom stereocenters. The molecule has 0 amide bonds. The minimum atomic E-state index is 0.250. The van der Waals surface area contributed by atoms with Gasteiger partial charge in [-0.1, -0.05) is 18.6 Å². The first kappa shape index (κ1) is 13.0. The zero-order chi connectivity index (χ0) is 13.3. The van der Waals surface area contributed by atoms with E-state index in [0.29, 0.717) is 5.41 Å². The standard InChI is InChI=1S/C17H25NO/c1-13(2)19-16-7-3-5-14(11-16)17-8-4-6-15(17)12-18-10-9-17/h3,5,7,11,13,15,18H,4,6,8-10,12H2,1-2H3. The Morgan fingerprint density at radius 2 is 2.21 bits per heavy atom. The SMILES string of the molecule is CC(C)Oc1cccc(C23CCCC2CNCC3)c1. The van der Waals surface area contributed by atoms with Crippen molar-refractivity contribution >= 4 is 0 Å². The molecule has 1 aromatic carbocycles. The number of hydrogen-bond acceptors (Lipinski definition) is 2. The van der Waals surface area contributed by atoms with Crippen LogP contribution in [0.2, 0.25) is 0 Å². The van der Waals surface area contributed by atoms with Crippen LogP contribution in [0.5, 0.6) is 5.75 Å². The van der Waals surface area contributed by atoms with E-state index in [9.17, 15) is 0 Å². The van der Waals surface area contributed by atoms with Crippen molar-refractivity contribution in [1.29, 1.82) is 0 Å². The average molecular weight is 259 g/mol. The second kappa shape index (κ2) is 5.16. The molecule has 0 radical (unpaired) electrons. The van der Waals surface area contributed by atoms with Crippen molar-refractivity contribution in [2.45, 2.75) is 51.0 Å². The van der Waals surface area contributed by atoms with E-state index in [1.165, 1.54) is 37.8 Å². The van der Waals surface area contributed by atoms with Gasteiger partial charge in [-0.3, -0.25) is 0 Å². The second-order valence-electron chi connectivity index (χ2n) is 6.39. The zero-order valence-electron chi connectivity index (χ0n) is 12.1. The molecule has 2 atom stereocenters. The van der Waals surface area contributed by atoms with E-state index >= 15 is 0 Å². The fourth-order valence-corrected chi connectivity index (χ4v) is 4.03. The smallest absolute Gasteiger partial charge is 0.119 e. The molecule has 2 aliphatic rings. The third kappa shape index (κ3) is 2.38. The molecule has 1 aliphatic carbocycles. The van der Waals surface area contributed by atoms with Crippen molar-refractivity contribution in [3.8, 4) is 5.75 Å². The van der Waals surface area contributed by atoms with E-state index in [2.05, 4.69) is 43.4 Å². The summed E-state index contributed by atoms with van der Waals surface area (Å²) in [5, 5.41) is 3.57. The van der Waals surface area contributed by atoms with Gasteiger partial charge in [0.05, 0.1) is 6.10 Å². The summed E-state index contributed by atoms with van der Waals surface area (Å²) in [6.07, 6.45) is 5.64. The molecule has 1 N–H and O–H groups in total. The van der Waals surface area contributed by atoms with E-state index in [0.717, 1.165) is 18.2 Å². The number of ether oxygens (including phenoxy) is 1. The van der Waals surface area contributed by atoms with Gasteiger partial charge in [-0.25, -0.2) is 0 Å². The van der Waals surface area contributed by atoms with Gasteiger partial charge in [-0.2, -0.15) is 0 Å². The molecule has 3 rings (SSSR count). The number of fused-ring (bicyclic) bond motifs is 1. The average Bonchev–Trinajstić information content (AvgIpc) is 2.83. The highest BCUT2D eigenvalue weighted by atomic mass is 16.5. The van der Waals surface area contributed by atoms with Gasteiger partial charge in [0, 0.05) is 5.41 Å². The minimum Gasteiger partial charge on any atom is -0.491 e. The summed E-state index contributed by atoms with van der Waals surface area (Å²) in [5.74, 6) is 1.85. The first-order valence-corrected chi connectivity index (χ1v) is 7.69. The molecule has 0 bridgehead atoms. The van der Waals surface area contributed by atoms with Crippen molar-refractivity contribution in [3.63, 3.8) is 0 Å². The van der Waals surface area contributed by atoms with E-state index in [4.69, 9.17) is 4.74 Å². The summed E-state index contributed by atoms with van der Waals surface area (Å²) >= 11 is 0. The molecular weight excluding hydrogens is 234 g/mol. The van der Waals surface area contributed by atoms with Crippen LogP contribution in [-0.2, 0) is 5.41 Å². The quantitative estimate of drug-likeness (QED) is 0.897. The number of rotatable bonds is 3. The van der Waals surface area contributed by atoms with Crippen LogP contribution in [0.25, 0.3) is 0 Å². The van der Waals surface area contributed by atoms with Crippen LogP contribution in [0.1, 0.15) is 45.1 Å². The lowest BCUT2D eigenvalue weighted by molar-refractivity contribution is 0.229. The normalized spacial score (nSPS) is 30.4. The van der Waals surface area contributed by atoms with Crippen molar-refractivity contribution < 1.29 is 4.74 Å². The van der Waals surface area contributed by atoms with Crippen molar-refractivity contribution in [2.75, 3.05) is 13.1 Å². The largest absolute Gasteiger partial charge is 0.491 e. The van der Waals surface area contributed by atoms with Crippen molar-refractivity contribution in [2.24, 2.45) is 5.92 Å². The molecule has 1 aliphatic heterocycles. The highest BCUT2D eigenvalue weighted by Gasteiger charge is 2.45. The lowest BCUT2D eigenvalue weighted by Gasteiger charge is -2.40. The van der Waals surface area contributed by atoms with Gasteiger partial charge in [-0.15, -0.1) is 0 Å². The Labute approximate surface area is 116 Å². The van der Waals surface area contributed by atoms with Gasteiger partial charge >= 0.3 is 0 Å². The Kier molecular flexibility index (Phi) is 3.53. The predicted molar refractivity (Wildman–Crippen MR) is 78.7 cm³/mol. The van der Waals surface area contributed by atoms with Crippen LogP contribution in [0.15, 0.2) is 24.3 Å². The number of piperidine rings is 1. The van der Waals surface area contributed by atoms with Crippen LogP contribution in [-0.4, -0.2) is 19.2 Å². The zero-order valence-corrected chi connectivity index (χ0v) is 12.1. The Hall–Kier alpha value is -1.02. The van der Waals surface area contributed by atoms with E-state index < -0.39 is 0 Å². The van der Waals surface area contributed by atoms with E-state index in [1.807, 2.05) is 0 Å². The Balaban J connectivity index is 1.91. The third-order valence-corrected chi connectivity index (χ3v) is 4.88. The Morgan fingerprint density at radius 1 is 1.32 bits per heavy atom. The molecule has 104 valence electrons. The summed E-state index contributed by atoms with van der Waals surface area (Å²) in [4.78, 5) is 0. The van der Waals surface area contributed by atoms with E-state index in [1.54, 1.807) is 0 Å². The molecule has 0 spiro atoms. The molecule has 2 fully saturated rings. The van der Waals surface area contributed by atoms with Gasteiger partial charge in [0.15, 0.2) is 0 Å². The number of hydrogen-bond donors (Lipinski definition) is 1. The Bertz CT molecular complexity index is 443. The highest BCUT2D eigenvalue weighted by molar-refractivity contribution is 5.36. The summed E-state index contributed by atoms with van der Waals surface area (Å²) < 4.78 is 5.88. The number of benzene rings is 1. The van der Waals surface area contributed by atoms with Crippen LogP contribution in [0.4, 0.5) is 0 Å². The fraction of sp³-hybridized carbons (Fsp3) is 0.647. The maximum Gasteiger partial charge on any atom is 0.119 e. The summed E-state index contributed by atoms with van der Waals surface area (Å²) in [7, 11) is 0. The lowest BCUT2D eigenvalue weighted by atomic mass is 9.68. The van der Waals surface area contributed by atoms with Crippen LogP contribution >= 0.6 is 0 Å².